The van der Waals surface area contributed by atoms with Gasteiger partial charge in [-0.1, -0.05) is 12.1 Å². The average Bonchev–Trinajstić information content (AvgIpc) is 3.09. The summed E-state index contributed by atoms with van der Waals surface area (Å²) in [4.78, 5) is 24.7. The molecule has 1 fully saturated rings. The van der Waals surface area contributed by atoms with Crippen LogP contribution in [0.1, 0.15) is 18.9 Å². The van der Waals surface area contributed by atoms with Crippen LogP contribution in [0.25, 0.3) is 0 Å². The summed E-state index contributed by atoms with van der Waals surface area (Å²) < 4.78 is 0. The lowest BCUT2D eigenvalue weighted by molar-refractivity contribution is -0.140. The summed E-state index contributed by atoms with van der Waals surface area (Å²) >= 11 is 0. The molecule has 2 atom stereocenters. The molecule has 4 nitrogen and oxygen atoms in total. The number of aliphatic carboxylic acids is 1. The van der Waals surface area contributed by atoms with Gasteiger partial charge in [-0.15, -0.1) is 0 Å². The molecule has 1 saturated carbocycles. The number of hydrogen-bond acceptors (Lipinski definition) is 2. The lowest BCUT2D eigenvalue weighted by Gasteiger charge is -2.21. The molecule has 0 aromatic heterocycles. The number of amides is 1. The quantitative estimate of drug-likeness (QED) is 0.886. The summed E-state index contributed by atoms with van der Waals surface area (Å²) in [5.74, 6) is -1.77. The van der Waals surface area contributed by atoms with Gasteiger partial charge in [-0.3, -0.25) is 9.59 Å². The fourth-order valence-corrected chi connectivity index (χ4v) is 2.20. The van der Waals surface area contributed by atoms with Crippen molar-refractivity contribution >= 4 is 17.6 Å². The molecule has 1 aliphatic carbocycles. The van der Waals surface area contributed by atoms with Gasteiger partial charge in [0.25, 0.3) is 0 Å². The zero-order chi connectivity index (χ0) is 13.3. The smallest absolute Gasteiger partial charge is 0.307 e. The van der Waals surface area contributed by atoms with Crippen molar-refractivity contribution in [1.29, 1.82) is 0 Å². The molecule has 4 heteroatoms. The van der Waals surface area contributed by atoms with E-state index in [0.717, 1.165) is 11.3 Å². The van der Waals surface area contributed by atoms with Crippen molar-refractivity contribution in [2.45, 2.75) is 20.3 Å². The third-order valence-corrected chi connectivity index (χ3v) is 3.32. The number of rotatable bonds is 4. The Kier molecular flexibility index (Phi) is 3.36. The molecule has 0 aliphatic heterocycles. The number of carbonyl (C=O) groups excluding carboxylic acids is 1. The molecule has 2 unspecified atom stereocenters. The summed E-state index contributed by atoms with van der Waals surface area (Å²) in [5.41, 5.74) is 1.93. The van der Waals surface area contributed by atoms with E-state index in [-0.39, 0.29) is 11.8 Å². The predicted octanol–water partition coefficient (Wildman–Crippen LogP) is 2.07. The maximum atomic E-state index is 12.2. The standard InChI is InChI=1S/C14H17NO3/c1-3-15(10-6-4-5-9(2)7-10)13(16)11-8-12(11)14(17)18/h4-7,11-12H,3,8H2,1-2H3,(H,17,18). The highest BCUT2D eigenvalue weighted by Gasteiger charge is 2.49. The van der Waals surface area contributed by atoms with E-state index in [9.17, 15) is 9.59 Å². The third-order valence-electron chi connectivity index (χ3n) is 3.32. The van der Waals surface area contributed by atoms with E-state index in [2.05, 4.69) is 0 Å². The normalized spacial score (nSPS) is 21.4. The summed E-state index contributed by atoms with van der Waals surface area (Å²) in [7, 11) is 0. The predicted molar refractivity (Wildman–Crippen MR) is 68.4 cm³/mol. The van der Waals surface area contributed by atoms with E-state index in [0.29, 0.717) is 13.0 Å². The largest absolute Gasteiger partial charge is 0.481 e. The Morgan fingerprint density at radius 1 is 1.39 bits per heavy atom. The van der Waals surface area contributed by atoms with Crippen LogP contribution < -0.4 is 4.90 Å². The van der Waals surface area contributed by atoms with Crippen molar-refractivity contribution in [3.05, 3.63) is 29.8 Å². The number of anilines is 1. The zero-order valence-electron chi connectivity index (χ0n) is 10.6. The van der Waals surface area contributed by atoms with Gasteiger partial charge in [0, 0.05) is 12.2 Å². The minimum atomic E-state index is -0.867. The Bertz CT molecular complexity index is 484. The fraction of sp³-hybridized carbons (Fsp3) is 0.429. The lowest BCUT2D eigenvalue weighted by Crippen LogP contribution is -2.33. The first-order valence-electron chi connectivity index (χ1n) is 6.15. The highest BCUT2D eigenvalue weighted by Crippen LogP contribution is 2.40. The lowest BCUT2D eigenvalue weighted by atomic mass is 10.2. The van der Waals surface area contributed by atoms with Crippen LogP contribution in [-0.2, 0) is 9.59 Å². The van der Waals surface area contributed by atoms with Crippen molar-refractivity contribution in [2.24, 2.45) is 11.8 Å². The molecule has 96 valence electrons. The third kappa shape index (κ3) is 2.37. The number of benzene rings is 1. The second-order valence-corrected chi connectivity index (χ2v) is 4.71. The molecule has 0 radical (unpaired) electrons. The summed E-state index contributed by atoms with van der Waals surface area (Å²) in [6.07, 6.45) is 0.469. The summed E-state index contributed by atoms with van der Waals surface area (Å²) in [6.45, 7) is 4.43. The number of carboxylic acids is 1. The zero-order valence-corrected chi connectivity index (χ0v) is 10.6. The number of carbonyl (C=O) groups is 2. The molecular formula is C14H17NO3. The van der Waals surface area contributed by atoms with Gasteiger partial charge in [-0.2, -0.15) is 0 Å². The molecule has 1 aromatic rings. The van der Waals surface area contributed by atoms with Gasteiger partial charge >= 0.3 is 5.97 Å². The van der Waals surface area contributed by atoms with E-state index >= 15 is 0 Å². The molecule has 0 bridgehead atoms. The van der Waals surface area contributed by atoms with E-state index in [1.54, 1.807) is 4.90 Å². The Hall–Kier alpha value is -1.84. The van der Waals surface area contributed by atoms with E-state index in [1.165, 1.54) is 0 Å². The first-order chi connectivity index (χ1) is 8.54. The van der Waals surface area contributed by atoms with Crippen LogP contribution in [0.4, 0.5) is 5.69 Å². The molecule has 1 aromatic carbocycles. The second kappa shape index (κ2) is 4.80. The minimum Gasteiger partial charge on any atom is -0.481 e. The first kappa shape index (κ1) is 12.6. The van der Waals surface area contributed by atoms with Gasteiger partial charge in [-0.05, 0) is 38.0 Å². The number of nitrogens with zero attached hydrogens (tertiary/aromatic N) is 1. The van der Waals surface area contributed by atoms with E-state index in [1.807, 2.05) is 38.1 Å². The topological polar surface area (TPSA) is 57.6 Å². The van der Waals surface area contributed by atoms with Gasteiger partial charge in [-0.25, -0.2) is 0 Å². The Morgan fingerprint density at radius 2 is 2.11 bits per heavy atom. The molecule has 1 N–H and O–H groups in total. The molecule has 1 aliphatic rings. The van der Waals surface area contributed by atoms with E-state index < -0.39 is 11.9 Å². The van der Waals surface area contributed by atoms with Gasteiger partial charge < -0.3 is 10.0 Å². The number of hydrogen-bond donors (Lipinski definition) is 1. The highest BCUT2D eigenvalue weighted by atomic mass is 16.4. The van der Waals surface area contributed by atoms with Crippen molar-refractivity contribution in [1.82, 2.24) is 0 Å². The van der Waals surface area contributed by atoms with Crippen molar-refractivity contribution in [2.75, 3.05) is 11.4 Å². The SMILES string of the molecule is CCN(C(=O)C1CC1C(=O)O)c1cccc(C)c1. The second-order valence-electron chi connectivity index (χ2n) is 4.71. The number of aryl methyl sites for hydroxylation is 1. The molecule has 2 rings (SSSR count). The highest BCUT2D eigenvalue weighted by molar-refractivity contribution is 6.00. The maximum Gasteiger partial charge on any atom is 0.307 e. The van der Waals surface area contributed by atoms with Crippen LogP contribution in [0.5, 0.6) is 0 Å². The average molecular weight is 247 g/mol. The van der Waals surface area contributed by atoms with Crippen LogP contribution in [-0.4, -0.2) is 23.5 Å². The maximum absolute atomic E-state index is 12.2. The number of carboxylic acid groups (broad SMARTS) is 1. The molecule has 18 heavy (non-hydrogen) atoms. The van der Waals surface area contributed by atoms with Gasteiger partial charge in [0.2, 0.25) is 5.91 Å². The van der Waals surface area contributed by atoms with Gasteiger partial charge in [0.1, 0.15) is 0 Å². The molecular weight excluding hydrogens is 230 g/mol. The van der Waals surface area contributed by atoms with Crippen LogP contribution in [0.15, 0.2) is 24.3 Å². The summed E-state index contributed by atoms with van der Waals surface area (Å²) in [5, 5.41) is 8.87. The van der Waals surface area contributed by atoms with Crippen molar-refractivity contribution in [3.63, 3.8) is 0 Å². The molecule has 0 spiro atoms. The molecule has 0 saturated heterocycles. The van der Waals surface area contributed by atoms with Gasteiger partial charge in [0.15, 0.2) is 0 Å². The van der Waals surface area contributed by atoms with Crippen LogP contribution >= 0.6 is 0 Å². The van der Waals surface area contributed by atoms with Crippen LogP contribution in [0, 0.1) is 18.8 Å². The van der Waals surface area contributed by atoms with E-state index in [4.69, 9.17) is 5.11 Å². The Morgan fingerprint density at radius 3 is 2.61 bits per heavy atom. The minimum absolute atomic E-state index is 0.0736. The van der Waals surface area contributed by atoms with Gasteiger partial charge in [0.05, 0.1) is 11.8 Å². The van der Waals surface area contributed by atoms with Crippen LogP contribution in [0.2, 0.25) is 0 Å². The molecule has 1 amide bonds. The fourth-order valence-electron chi connectivity index (χ4n) is 2.20. The van der Waals surface area contributed by atoms with Crippen LogP contribution in [0.3, 0.4) is 0 Å². The Balaban J connectivity index is 2.15. The first-order valence-corrected chi connectivity index (χ1v) is 6.15. The molecule has 0 heterocycles. The monoisotopic (exact) mass is 247 g/mol. The summed E-state index contributed by atoms with van der Waals surface area (Å²) in [6, 6.07) is 7.70. The Labute approximate surface area is 106 Å². The van der Waals surface area contributed by atoms with Crippen molar-refractivity contribution < 1.29 is 14.7 Å². The van der Waals surface area contributed by atoms with Crippen molar-refractivity contribution in [3.8, 4) is 0 Å².